The monoisotopic (exact) mass is 274 g/mol. The second-order valence-corrected chi connectivity index (χ2v) is 6.47. The second kappa shape index (κ2) is 7.83. The molecule has 1 nitrogen and oxygen atoms in total. The average Bonchev–Trinajstić information content (AvgIpc) is 2.52. The van der Waals surface area contributed by atoms with Gasteiger partial charge < -0.3 is 5.11 Å². The number of aryl methyl sites for hydroxylation is 1. The molecule has 2 rings (SSSR count). The molecule has 1 aromatic rings. The van der Waals surface area contributed by atoms with E-state index in [0.29, 0.717) is 5.92 Å². The molecule has 0 saturated heterocycles. The van der Waals surface area contributed by atoms with Gasteiger partial charge in [-0.3, -0.25) is 0 Å². The van der Waals surface area contributed by atoms with Gasteiger partial charge in [0.25, 0.3) is 0 Å². The molecule has 0 spiro atoms. The van der Waals surface area contributed by atoms with E-state index < -0.39 is 0 Å². The lowest BCUT2D eigenvalue weighted by Gasteiger charge is -2.31. The molecule has 0 bridgehead atoms. The number of hydrogen-bond acceptors (Lipinski definition) is 1. The Kier molecular flexibility index (Phi) is 6.09. The quantitative estimate of drug-likeness (QED) is 0.748. The number of aliphatic hydroxyl groups is 1. The molecular weight excluding hydrogens is 244 g/mol. The van der Waals surface area contributed by atoms with E-state index in [2.05, 4.69) is 38.1 Å². The molecule has 1 saturated carbocycles. The fourth-order valence-corrected chi connectivity index (χ4v) is 3.55. The number of unbranched alkanes of at least 4 members (excludes halogenated alkanes) is 1. The van der Waals surface area contributed by atoms with Gasteiger partial charge in [0, 0.05) is 0 Å². The first-order valence-electron chi connectivity index (χ1n) is 8.51. The third-order valence-corrected chi connectivity index (χ3v) is 5.00. The Morgan fingerprint density at radius 1 is 1.15 bits per heavy atom. The van der Waals surface area contributed by atoms with E-state index in [4.69, 9.17) is 0 Å². The lowest BCUT2D eigenvalue weighted by atomic mass is 9.76. The Balaban J connectivity index is 1.89. The second-order valence-electron chi connectivity index (χ2n) is 6.47. The molecule has 1 atom stereocenters. The van der Waals surface area contributed by atoms with Crippen molar-refractivity contribution < 1.29 is 5.11 Å². The molecule has 20 heavy (non-hydrogen) atoms. The summed E-state index contributed by atoms with van der Waals surface area (Å²) in [6, 6.07) is 8.52. The van der Waals surface area contributed by atoms with Gasteiger partial charge in [0.05, 0.1) is 6.10 Å². The van der Waals surface area contributed by atoms with Crippen LogP contribution in [-0.2, 0) is 6.42 Å². The molecule has 1 aromatic carbocycles. The molecule has 0 aromatic heterocycles. The molecule has 0 amide bonds. The fourth-order valence-electron chi connectivity index (χ4n) is 3.55. The van der Waals surface area contributed by atoms with E-state index in [1.807, 2.05) is 0 Å². The van der Waals surface area contributed by atoms with Crippen LogP contribution in [0, 0.1) is 11.8 Å². The van der Waals surface area contributed by atoms with Gasteiger partial charge in [-0.15, -0.1) is 0 Å². The summed E-state index contributed by atoms with van der Waals surface area (Å²) >= 11 is 0. The lowest BCUT2D eigenvalue weighted by molar-refractivity contribution is 0.0719. The molecule has 112 valence electrons. The summed E-state index contributed by atoms with van der Waals surface area (Å²) in [6.07, 6.45) is 9.90. The molecule has 1 aliphatic carbocycles. The fraction of sp³-hybridized carbons (Fsp3) is 0.684. The lowest BCUT2D eigenvalue weighted by Crippen LogP contribution is -2.20. The first-order valence-corrected chi connectivity index (χ1v) is 8.51. The van der Waals surface area contributed by atoms with Gasteiger partial charge in [-0.2, -0.15) is 0 Å². The highest BCUT2D eigenvalue weighted by Crippen LogP contribution is 2.38. The Morgan fingerprint density at radius 3 is 2.55 bits per heavy atom. The minimum Gasteiger partial charge on any atom is -0.388 e. The first-order chi connectivity index (χ1) is 9.74. The van der Waals surface area contributed by atoms with Crippen LogP contribution in [0.15, 0.2) is 24.3 Å². The Bertz CT molecular complexity index is 391. The zero-order valence-electron chi connectivity index (χ0n) is 13.1. The van der Waals surface area contributed by atoms with Crippen LogP contribution in [0.1, 0.15) is 76.0 Å². The average molecular weight is 274 g/mol. The van der Waals surface area contributed by atoms with E-state index in [9.17, 15) is 5.11 Å². The predicted octanol–water partition coefficient (Wildman–Crippen LogP) is 5.28. The molecule has 0 radical (unpaired) electrons. The van der Waals surface area contributed by atoms with Crippen LogP contribution in [0.25, 0.3) is 0 Å². The molecule has 0 heterocycles. The third-order valence-electron chi connectivity index (χ3n) is 5.00. The largest absolute Gasteiger partial charge is 0.388 e. The summed E-state index contributed by atoms with van der Waals surface area (Å²) in [7, 11) is 0. The van der Waals surface area contributed by atoms with Crippen molar-refractivity contribution in [2.45, 2.75) is 71.3 Å². The smallest absolute Gasteiger partial charge is 0.0818 e. The van der Waals surface area contributed by atoms with Crippen LogP contribution in [0.5, 0.6) is 0 Å². The maximum absolute atomic E-state index is 10.6. The topological polar surface area (TPSA) is 20.2 Å². The van der Waals surface area contributed by atoms with Crippen LogP contribution < -0.4 is 0 Å². The Labute approximate surface area is 124 Å². The van der Waals surface area contributed by atoms with Crippen LogP contribution in [0.4, 0.5) is 0 Å². The zero-order chi connectivity index (χ0) is 14.4. The normalized spacial score (nSPS) is 24.6. The molecule has 0 aliphatic heterocycles. The summed E-state index contributed by atoms with van der Waals surface area (Å²) < 4.78 is 0. The van der Waals surface area contributed by atoms with Crippen molar-refractivity contribution in [1.29, 1.82) is 0 Å². The summed E-state index contributed by atoms with van der Waals surface area (Å²) in [5, 5.41) is 10.6. The van der Waals surface area contributed by atoms with Gasteiger partial charge >= 0.3 is 0 Å². The van der Waals surface area contributed by atoms with Crippen LogP contribution in [-0.4, -0.2) is 5.11 Å². The highest BCUT2D eigenvalue weighted by Gasteiger charge is 2.27. The van der Waals surface area contributed by atoms with Crippen molar-refractivity contribution in [1.82, 2.24) is 0 Å². The van der Waals surface area contributed by atoms with E-state index in [1.165, 1.54) is 50.5 Å². The molecule has 1 unspecified atom stereocenters. The van der Waals surface area contributed by atoms with Crippen LogP contribution >= 0.6 is 0 Å². The molecule has 1 aliphatic rings. The standard InChI is InChI=1S/C19H30O/c1-3-5-7-16-10-12-17(13-11-16)19(20)18-9-6-8-15(4-2)14-18/h6,8-9,14,16-17,19-20H,3-5,7,10-13H2,1-2H3. The summed E-state index contributed by atoms with van der Waals surface area (Å²) in [5.74, 6) is 1.39. The Morgan fingerprint density at radius 2 is 1.90 bits per heavy atom. The predicted molar refractivity (Wildman–Crippen MR) is 85.8 cm³/mol. The van der Waals surface area contributed by atoms with Crippen LogP contribution in [0.2, 0.25) is 0 Å². The van der Waals surface area contributed by atoms with Gasteiger partial charge in [0.2, 0.25) is 0 Å². The van der Waals surface area contributed by atoms with Crippen molar-refractivity contribution in [2.75, 3.05) is 0 Å². The van der Waals surface area contributed by atoms with E-state index in [0.717, 1.165) is 17.9 Å². The highest BCUT2D eigenvalue weighted by molar-refractivity contribution is 5.25. The van der Waals surface area contributed by atoms with Crippen molar-refractivity contribution in [3.05, 3.63) is 35.4 Å². The van der Waals surface area contributed by atoms with E-state index in [1.54, 1.807) is 0 Å². The molecule has 1 fully saturated rings. The SMILES string of the molecule is CCCCC1CCC(C(O)c2cccc(CC)c2)CC1. The van der Waals surface area contributed by atoms with Gasteiger partial charge in [0.15, 0.2) is 0 Å². The first kappa shape index (κ1) is 15.6. The minimum atomic E-state index is -0.256. The van der Waals surface area contributed by atoms with Gasteiger partial charge in [0.1, 0.15) is 0 Å². The number of benzene rings is 1. The summed E-state index contributed by atoms with van der Waals surface area (Å²) in [5.41, 5.74) is 2.46. The van der Waals surface area contributed by atoms with Gasteiger partial charge in [-0.1, -0.05) is 70.2 Å². The molecular formula is C19H30O. The third kappa shape index (κ3) is 4.09. The maximum Gasteiger partial charge on any atom is 0.0818 e. The van der Waals surface area contributed by atoms with Crippen molar-refractivity contribution in [2.24, 2.45) is 11.8 Å². The van der Waals surface area contributed by atoms with Crippen molar-refractivity contribution in [3.63, 3.8) is 0 Å². The van der Waals surface area contributed by atoms with Crippen molar-refractivity contribution >= 4 is 0 Å². The van der Waals surface area contributed by atoms with Crippen LogP contribution in [0.3, 0.4) is 0 Å². The zero-order valence-corrected chi connectivity index (χ0v) is 13.1. The number of hydrogen-bond donors (Lipinski definition) is 1. The molecule has 1 N–H and O–H groups in total. The minimum absolute atomic E-state index is 0.256. The highest BCUT2D eigenvalue weighted by atomic mass is 16.3. The summed E-state index contributed by atoms with van der Waals surface area (Å²) in [4.78, 5) is 0. The van der Waals surface area contributed by atoms with Crippen molar-refractivity contribution in [3.8, 4) is 0 Å². The maximum atomic E-state index is 10.6. The number of aliphatic hydroxyl groups excluding tert-OH is 1. The number of rotatable bonds is 6. The summed E-state index contributed by atoms with van der Waals surface area (Å²) in [6.45, 7) is 4.44. The molecule has 1 heteroatoms. The van der Waals surface area contributed by atoms with E-state index >= 15 is 0 Å². The van der Waals surface area contributed by atoms with Gasteiger partial charge in [-0.25, -0.2) is 0 Å². The van der Waals surface area contributed by atoms with E-state index in [-0.39, 0.29) is 6.10 Å². The Hall–Kier alpha value is -0.820. The van der Waals surface area contributed by atoms with Gasteiger partial charge in [-0.05, 0) is 42.2 Å².